The summed E-state index contributed by atoms with van der Waals surface area (Å²) in [5, 5.41) is 3.57. The quantitative estimate of drug-likeness (QED) is 0.427. The summed E-state index contributed by atoms with van der Waals surface area (Å²) in [4.78, 5) is 16.9. The van der Waals surface area contributed by atoms with Crippen molar-refractivity contribution in [2.45, 2.75) is 24.8 Å². The molecule has 4 aromatic rings. The highest BCUT2D eigenvalue weighted by molar-refractivity contribution is 7.98. The largest absolute Gasteiger partial charge is 0.431 e. The lowest BCUT2D eigenvalue weighted by Gasteiger charge is -2.06. The van der Waals surface area contributed by atoms with Gasteiger partial charge in [0.05, 0.1) is 0 Å². The highest BCUT2D eigenvalue weighted by atomic mass is 32.2. The molecule has 1 amide bonds. The van der Waals surface area contributed by atoms with Gasteiger partial charge in [-0.1, -0.05) is 53.7 Å². The Labute approximate surface area is 168 Å². The first-order valence-corrected chi connectivity index (χ1v) is 10.0. The van der Waals surface area contributed by atoms with Gasteiger partial charge in [0.25, 0.3) is 11.1 Å². The molecule has 0 aliphatic rings. The van der Waals surface area contributed by atoms with E-state index in [1.807, 2.05) is 80.6 Å². The first kappa shape index (κ1) is 18.3. The molecular formula is C23H20N2O2S. The van der Waals surface area contributed by atoms with E-state index in [0.29, 0.717) is 10.8 Å². The van der Waals surface area contributed by atoms with Crippen molar-refractivity contribution in [1.82, 2.24) is 4.98 Å². The zero-order chi connectivity index (χ0) is 19.5. The van der Waals surface area contributed by atoms with E-state index >= 15 is 0 Å². The summed E-state index contributed by atoms with van der Waals surface area (Å²) < 4.78 is 5.80. The van der Waals surface area contributed by atoms with Crippen molar-refractivity contribution in [3.8, 4) is 0 Å². The summed E-state index contributed by atoms with van der Waals surface area (Å²) in [6.07, 6.45) is 0. The number of rotatable bonds is 5. The van der Waals surface area contributed by atoms with E-state index in [1.165, 1.54) is 0 Å². The minimum atomic E-state index is -0.113. The lowest BCUT2D eigenvalue weighted by atomic mass is 10.1. The van der Waals surface area contributed by atoms with Crippen LogP contribution in [-0.2, 0) is 5.75 Å². The van der Waals surface area contributed by atoms with E-state index in [9.17, 15) is 4.79 Å². The Morgan fingerprint density at radius 1 is 1.00 bits per heavy atom. The number of nitrogens with zero attached hydrogens (tertiary/aromatic N) is 1. The third kappa shape index (κ3) is 4.10. The van der Waals surface area contributed by atoms with Crippen LogP contribution >= 0.6 is 11.8 Å². The molecule has 0 unspecified atom stereocenters. The SMILES string of the molecule is Cc1ccc(NC(=O)c2ccc(CSc3nc4c(C)cccc4o3)cc2)cc1. The standard InChI is InChI=1S/C23H20N2O2S/c1-15-6-12-19(13-7-15)24-22(26)18-10-8-17(9-11-18)14-28-23-25-21-16(2)4-3-5-20(21)27-23/h3-13H,14H2,1-2H3,(H,24,26). The fourth-order valence-electron chi connectivity index (χ4n) is 2.87. The predicted molar refractivity (Wildman–Crippen MR) is 114 cm³/mol. The molecule has 3 aromatic carbocycles. The van der Waals surface area contributed by atoms with Gasteiger partial charge in [-0.15, -0.1) is 0 Å². The second-order valence-electron chi connectivity index (χ2n) is 6.71. The number of hydrogen-bond acceptors (Lipinski definition) is 4. The normalized spacial score (nSPS) is 10.9. The van der Waals surface area contributed by atoms with Crippen molar-refractivity contribution in [3.63, 3.8) is 0 Å². The van der Waals surface area contributed by atoms with Crippen molar-refractivity contribution < 1.29 is 9.21 Å². The topological polar surface area (TPSA) is 55.1 Å². The molecule has 0 spiro atoms. The van der Waals surface area contributed by atoms with Crippen LogP contribution in [0, 0.1) is 13.8 Å². The summed E-state index contributed by atoms with van der Waals surface area (Å²) >= 11 is 1.55. The third-order valence-electron chi connectivity index (χ3n) is 4.49. The Balaban J connectivity index is 1.39. The van der Waals surface area contributed by atoms with Gasteiger partial charge in [-0.25, -0.2) is 4.98 Å². The van der Waals surface area contributed by atoms with Gasteiger partial charge >= 0.3 is 0 Å². The summed E-state index contributed by atoms with van der Waals surface area (Å²) in [5.41, 5.74) is 6.52. The number of para-hydroxylation sites is 1. The number of oxazole rings is 1. The van der Waals surface area contributed by atoms with E-state index in [-0.39, 0.29) is 5.91 Å². The van der Waals surface area contributed by atoms with Crippen molar-refractivity contribution in [2.24, 2.45) is 0 Å². The van der Waals surface area contributed by atoms with Crippen LogP contribution in [-0.4, -0.2) is 10.9 Å². The average Bonchev–Trinajstić information content (AvgIpc) is 3.13. The number of carbonyl (C=O) groups is 1. The predicted octanol–water partition coefficient (Wildman–Crippen LogP) is 5.99. The first-order chi connectivity index (χ1) is 13.6. The van der Waals surface area contributed by atoms with E-state index in [1.54, 1.807) is 11.8 Å². The molecule has 28 heavy (non-hydrogen) atoms. The fourth-order valence-corrected chi connectivity index (χ4v) is 3.65. The number of hydrogen-bond donors (Lipinski definition) is 1. The van der Waals surface area contributed by atoms with Crippen LogP contribution in [0.4, 0.5) is 5.69 Å². The maximum absolute atomic E-state index is 12.4. The second kappa shape index (κ2) is 7.90. The minimum absolute atomic E-state index is 0.113. The van der Waals surface area contributed by atoms with Gasteiger partial charge in [0.15, 0.2) is 5.58 Å². The minimum Gasteiger partial charge on any atom is -0.431 e. The zero-order valence-corrected chi connectivity index (χ0v) is 16.5. The van der Waals surface area contributed by atoms with Gasteiger partial charge in [0.2, 0.25) is 0 Å². The lowest BCUT2D eigenvalue weighted by molar-refractivity contribution is 0.102. The van der Waals surface area contributed by atoms with Crippen LogP contribution < -0.4 is 5.32 Å². The molecule has 0 atom stereocenters. The van der Waals surface area contributed by atoms with Gasteiger partial charge in [-0.05, 0) is 55.3 Å². The number of benzene rings is 3. The summed E-state index contributed by atoms with van der Waals surface area (Å²) in [7, 11) is 0. The molecule has 0 fully saturated rings. The molecule has 4 rings (SSSR count). The molecule has 0 aliphatic heterocycles. The van der Waals surface area contributed by atoms with Crippen molar-refractivity contribution in [1.29, 1.82) is 0 Å². The molecule has 140 valence electrons. The average molecular weight is 388 g/mol. The summed E-state index contributed by atoms with van der Waals surface area (Å²) in [6.45, 7) is 4.05. The zero-order valence-electron chi connectivity index (χ0n) is 15.7. The highest BCUT2D eigenvalue weighted by Crippen LogP contribution is 2.27. The Kier molecular flexibility index (Phi) is 5.17. The van der Waals surface area contributed by atoms with Crippen LogP contribution in [0.5, 0.6) is 0 Å². The number of nitrogens with one attached hydrogen (secondary N) is 1. The smallest absolute Gasteiger partial charge is 0.257 e. The molecule has 1 heterocycles. The summed E-state index contributed by atoms with van der Waals surface area (Å²) in [5.74, 6) is 0.614. The van der Waals surface area contributed by atoms with Crippen LogP contribution in [0.25, 0.3) is 11.1 Å². The van der Waals surface area contributed by atoms with Gasteiger partial charge in [-0.3, -0.25) is 4.79 Å². The first-order valence-electron chi connectivity index (χ1n) is 9.04. The maximum atomic E-state index is 12.4. The molecule has 1 N–H and O–H groups in total. The van der Waals surface area contributed by atoms with Gasteiger partial charge < -0.3 is 9.73 Å². The Hall–Kier alpha value is -3.05. The van der Waals surface area contributed by atoms with E-state index in [0.717, 1.165) is 39.2 Å². The number of thioether (sulfide) groups is 1. The van der Waals surface area contributed by atoms with Crippen LogP contribution in [0.1, 0.15) is 27.0 Å². The fraction of sp³-hybridized carbons (Fsp3) is 0.130. The van der Waals surface area contributed by atoms with E-state index in [2.05, 4.69) is 10.3 Å². The van der Waals surface area contributed by atoms with Gasteiger partial charge in [0, 0.05) is 17.0 Å². The molecule has 5 heteroatoms. The Morgan fingerprint density at radius 3 is 2.46 bits per heavy atom. The molecule has 0 saturated carbocycles. The third-order valence-corrected chi connectivity index (χ3v) is 5.39. The Bertz CT molecular complexity index is 1120. The van der Waals surface area contributed by atoms with Crippen LogP contribution in [0.15, 0.2) is 76.4 Å². The second-order valence-corrected chi connectivity index (χ2v) is 7.63. The molecule has 1 aromatic heterocycles. The molecule has 0 bridgehead atoms. The number of fused-ring (bicyclic) bond motifs is 1. The van der Waals surface area contributed by atoms with Crippen molar-refractivity contribution in [2.75, 3.05) is 5.32 Å². The highest BCUT2D eigenvalue weighted by Gasteiger charge is 2.09. The lowest BCUT2D eigenvalue weighted by Crippen LogP contribution is -2.11. The van der Waals surface area contributed by atoms with Gasteiger partial charge in [-0.2, -0.15) is 0 Å². The number of carbonyl (C=O) groups excluding carboxylic acids is 1. The molecule has 4 nitrogen and oxygen atoms in total. The maximum Gasteiger partial charge on any atom is 0.257 e. The monoisotopic (exact) mass is 388 g/mol. The molecular weight excluding hydrogens is 368 g/mol. The van der Waals surface area contributed by atoms with Crippen LogP contribution in [0.2, 0.25) is 0 Å². The number of aromatic nitrogens is 1. The molecule has 0 radical (unpaired) electrons. The van der Waals surface area contributed by atoms with Crippen molar-refractivity contribution in [3.05, 3.63) is 89.0 Å². The van der Waals surface area contributed by atoms with Crippen LogP contribution in [0.3, 0.4) is 0 Å². The van der Waals surface area contributed by atoms with Gasteiger partial charge in [0.1, 0.15) is 5.52 Å². The molecule has 0 saturated heterocycles. The number of amides is 1. The number of aryl methyl sites for hydroxylation is 2. The van der Waals surface area contributed by atoms with E-state index in [4.69, 9.17) is 4.42 Å². The Morgan fingerprint density at radius 2 is 1.75 bits per heavy atom. The van der Waals surface area contributed by atoms with Crippen molar-refractivity contribution >= 4 is 34.5 Å². The molecule has 0 aliphatic carbocycles. The summed E-state index contributed by atoms with van der Waals surface area (Å²) in [6, 6.07) is 21.3. The number of anilines is 1. The van der Waals surface area contributed by atoms with E-state index < -0.39 is 0 Å².